The molecule has 1 aliphatic rings. The van der Waals surface area contributed by atoms with E-state index in [0.29, 0.717) is 18.4 Å². The Labute approximate surface area is 142 Å². The van der Waals surface area contributed by atoms with Crippen molar-refractivity contribution in [3.63, 3.8) is 0 Å². The summed E-state index contributed by atoms with van der Waals surface area (Å²) in [4.78, 5) is 37.9. The van der Waals surface area contributed by atoms with Gasteiger partial charge in [-0.25, -0.2) is 0 Å². The number of carbonyl (C=O) groups is 3. The molecule has 136 valence electrons. The monoisotopic (exact) mass is 340 g/mol. The summed E-state index contributed by atoms with van der Waals surface area (Å²) in [5, 5.41) is 8.88. The molecule has 1 unspecified atom stereocenters. The van der Waals surface area contributed by atoms with E-state index in [4.69, 9.17) is 10.8 Å². The highest BCUT2D eigenvalue weighted by Crippen LogP contribution is 2.61. The van der Waals surface area contributed by atoms with Crippen LogP contribution >= 0.6 is 0 Å². The van der Waals surface area contributed by atoms with Crippen molar-refractivity contribution < 1.29 is 24.2 Å². The van der Waals surface area contributed by atoms with E-state index in [1.54, 1.807) is 0 Å². The molecule has 0 spiro atoms. The summed E-state index contributed by atoms with van der Waals surface area (Å²) >= 11 is 0. The number of nitrogens with two attached hydrogens (primary N) is 1. The Kier molecular flexibility index (Phi) is 6.66. The SMILES string of the molecule is COC(=O)C(N)CC(CC1(C(C)(C)C)CC1)=N[C@H](C=O)CC(=O)O. The molecule has 0 aromatic heterocycles. The Morgan fingerprint density at radius 1 is 1.33 bits per heavy atom. The van der Waals surface area contributed by atoms with Crippen molar-refractivity contribution in [2.24, 2.45) is 21.6 Å². The average molecular weight is 340 g/mol. The van der Waals surface area contributed by atoms with Crippen molar-refractivity contribution in [2.45, 2.75) is 65.0 Å². The number of aliphatic carboxylic acids is 1. The first-order valence-electron chi connectivity index (χ1n) is 8.10. The zero-order chi connectivity index (χ0) is 18.5. The lowest BCUT2D eigenvalue weighted by atomic mass is 9.74. The second-order valence-corrected chi connectivity index (χ2v) is 7.54. The molecule has 2 atom stereocenters. The van der Waals surface area contributed by atoms with Crippen LogP contribution in [-0.2, 0) is 19.1 Å². The summed E-state index contributed by atoms with van der Waals surface area (Å²) < 4.78 is 4.64. The lowest BCUT2D eigenvalue weighted by Crippen LogP contribution is -2.36. The molecule has 0 aliphatic heterocycles. The summed E-state index contributed by atoms with van der Waals surface area (Å²) in [6, 6.07) is -1.83. The number of esters is 1. The molecule has 3 N–H and O–H groups in total. The molecule has 0 bridgehead atoms. The lowest BCUT2D eigenvalue weighted by molar-refractivity contribution is -0.142. The van der Waals surface area contributed by atoms with Crippen LogP contribution in [0.25, 0.3) is 0 Å². The number of aliphatic imine (C=N–C) groups is 1. The third kappa shape index (κ3) is 5.40. The molecule has 0 aromatic carbocycles. The van der Waals surface area contributed by atoms with Crippen LogP contribution in [0.4, 0.5) is 0 Å². The van der Waals surface area contributed by atoms with Gasteiger partial charge in [-0.1, -0.05) is 20.8 Å². The molecule has 0 heterocycles. The number of hydrogen-bond acceptors (Lipinski definition) is 6. The lowest BCUT2D eigenvalue weighted by Gasteiger charge is -2.32. The first-order chi connectivity index (χ1) is 11.0. The van der Waals surface area contributed by atoms with Crippen LogP contribution in [0.5, 0.6) is 0 Å². The topological polar surface area (TPSA) is 119 Å². The summed E-state index contributed by atoms with van der Waals surface area (Å²) in [5.74, 6) is -1.64. The van der Waals surface area contributed by atoms with E-state index in [2.05, 4.69) is 30.5 Å². The summed E-state index contributed by atoms with van der Waals surface area (Å²) in [6.45, 7) is 6.44. The van der Waals surface area contributed by atoms with Crippen LogP contribution in [0.2, 0.25) is 0 Å². The van der Waals surface area contributed by atoms with Gasteiger partial charge in [-0.15, -0.1) is 0 Å². The zero-order valence-corrected chi connectivity index (χ0v) is 14.9. The van der Waals surface area contributed by atoms with Gasteiger partial charge in [0.25, 0.3) is 0 Å². The van der Waals surface area contributed by atoms with Gasteiger partial charge in [0.1, 0.15) is 18.4 Å². The maximum absolute atomic E-state index is 11.6. The van der Waals surface area contributed by atoms with E-state index in [1.807, 2.05) is 0 Å². The van der Waals surface area contributed by atoms with Crippen LogP contribution in [0.3, 0.4) is 0 Å². The molecule has 0 aromatic rings. The summed E-state index contributed by atoms with van der Waals surface area (Å²) in [7, 11) is 1.26. The maximum atomic E-state index is 11.6. The van der Waals surface area contributed by atoms with Crippen molar-refractivity contribution in [1.82, 2.24) is 0 Å². The Morgan fingerprint density at radius 3 is 2.29 bits per heavy atom. The number of carboxylic acid groups (broad SMARTS) is 1. The molecule has 0 radical (unpaired) electrons. The van der Waals surface area contributed by atoms with Gasteiger partial charge in [0.2, 0.25) is 0 Å². The molecular formula is C17H28N2O5. The third-order valence-corrected chi connectivity index (χ3v) is 4.84. The van der Waals surface area contributed by atoms with Crippen molar-refractivity contribution in [1.29, 1.82) is 0 Å². The van der Waals surface area contributed by atoms with Crippen molar-refractivity contribution in [3.05, 3.63) is 0 Å². The van der Waals surface area contributed by atoms with Crippen molar-refractivity contribution >= 4 is 23.9 Å². The number of hydrogen-bond donors (Lipinski definition) is 2. The van der Waals surface area contributed by atoms with E-state index >= 15 is 0 Å². The average Bonchev–Trinajstić information content (AvgIpc) is 3.25. The van der Waals surface area contributed by atoms with Gasteiger partial charge in [-0.05, 0) is 30.1 Å². The minimum Gasteiger partial charge on any atom is -0.481 e. The van der Waals surface area contributed by atoms with Crippen LogP contribution in [-0.4, -0.2) is 48.2 Å². The molecule has 24 heavy (non-hydrogen) atoms. The number of ether oxygens (including phenoxy) is 1. The Bertz CT molecular complexity index is 518. The van der Waals surface area contributed by atoms with Crippen molar-refractivity contribution in [2.75, 3.05) is 7.11 Å². The number of carbonyl (C=O) groups excluding carboxylic acids is 2. The molecular weight excluding hydrogens is 312 g/mol. The fourth-order valence-electron chi connectivity index (χ4n) is 2.93. The predicted octanol–water partition coefficient (Wildman–Crippen LogP) is 1.58. The van der Waals surface area contributed by atoms with E-state index in [1.165, 1.54) is 7.11 Å². The Balaban J connectivity index is 3.00. The second-order valence-electron chi connectivity index (χ2n) is 7.54. The van der Waals surface area contributed by atoms with E-state index in [0.717, 1.165) is 12.8 Å². The number of carboxylic acids is 1. The van der Waals surface area contributed by atoms with Gasteiger partial charge < -0.3 is 20.4 Å². The van der Waals surface area contributed by atoms with Gasteiger partial charge in [0.15, 0.2) is 0 Å². The van der Waals surface area contributed by atoms with Gasteiger partial charge in [0, 0.05) is 12.1 Å². The van der Waals surface area contributed by atoms with E-state index in [9.17, 15) is 14.4 Å². The Hall–Kier alpha value is -1.76. The van der Waals surface area contributed by atoms with E-state index in [-0.39, 0.29) is 23.7 Å². The fourth-order valence-corrected chi connectivity index (χ4v) is 2.93. The molecule has 0 saturated heterocycles. The molecule has 1 rings (SSSR count). The number of aldehydes is 1. The van der Waals surface area contributed by atoms with Crippen LogP contribution in [0, 0.1) is 10.8 Å². The quantitative estimate of drug-likeness (QED) is 0.373. The molecule has 1 saturated carbocycles. The molecule has 7 nitrogen and oxygen atoms in total. The third-order valence-electron chi connectivity index (χ3n) is 4.84. The molecule has 1 aliphatic carbocycles. The highest BCUT2D eigenvalue weighted by atomic mass is 16.5. The maximum Gasteiger partial charge on any atom is 0.323 e. The van der Waals surface area contributed by atoms with Crippen LogP contribution < -0.4 is 5.73 Å². The highest BCUT2D eigenvalue weighted by Gasteiger charge is 2.52. The van der Waals surface area contributed by atoms with Crippen molar-refractivity contribution in [3.8, 4) is 0 Å². The second kappa shape index (κ2) is 7.88. The predicted molar refractivity (Wildman–Crippen MR) is 89.9 cm³/mol. The minimum atomic E-state index is -1.09. The van der Waals surface area contributed by atoms with Crippen LogP contribution in [0.15, 0.2) is 4.99 Å². The smallest absolute Gasteiger partial charge is 0.323 e. The normalized spacial score (nSPS) is 19.3. The molecule has 1 fully saturated rings. The van der Waals surface area contributed by atoms with Gasteiger partial charge in [-0.3, -0.25) is 14.6 Å². The largest absolute Gasteiger partial charge is 0.481 e. The standard InChI is InChI=1S/C17H28N2O5/c1-16(2,3)17(5-6-17)9-11(7-13(18)15(23)24-4)19-12(10-20)8-14(21)22/h10,12-13H,5-9,18H2,1-4H3,(H,21,22)/t12-,13?/m0/s1. The first kappa shape index (κ1) is 20.3. The zero-order valence-electron chi connectivity index (χ0n) is 14.9. The minimum absolute atomic E-state index is 0.0482. The number of rotatable bonds is 9. The van der Waals surface area contributed by atoms with Gasteiger partial charge >= 0.3 is 11.9 Å². The van der Waals surface area contributed by atoms with Crippen LogP contribution in [0.1, 0.15) is 52.9 Å². The van der Waals surface area contributed by atoms with E-state index < -0.39 is 24.0 Å². The molecule has 0 amide bonds. The van der Waals surface area contributed by atoms with Gasteiger partial charge in [0.05, 0.1) is 13.5 Å². The summed E-state index contributed by atoms with van der Waals surface area (Å²) in [5.41, 5.74) is 6.55. The van der Waals surface area contributed by atoms with Gasteiger partial charge in [-0.2, -0.15) is 0 Å². The number of methoxy groups -OCH3 is 1. The first-order valence-corrected chi connectivity index (χ1v) is 8.10. The number of nitrogens with zero attached hydrogens (tertiary/aromatic N) is 1. The fraction of sp³-hybridized carbons (Fsp3) is 0.765. The highest BCUT2D eigenvalue weighted by molar-refractivity contribution is 5.92. The molecule has 7 heteroatoms. The Morgan fingerprint density at radius 2 is 1.92 bits per heavy atom. The summed E-state index contributed by atoms with van der Waals surface area (Å²) in [6.07, 6.45) is 2.98.